The van der Waals surface area contributed by atoms with Gasteiger partial charge in [0, 0.05) is 12.1 Å². The van der Waals surface area contributed by atoms with Crippen molar-refractivity contribution < 1.29 is 9.47 Å². The lowest BCUT2D eigenvalue weighted by Gasteiger charge is -2.23. The molecule has 2 atom stereocenters. The van der Waals surface area contributed by atoms with E-state index in [1.54, 1.807) is 7.11 Å². The molecular weight excluding hydrogens is 214 g/mol. The Balaban J connectivity index is 2.88. The van der Waals surface area contributed by atoms with Crippen molar-refractivity contribution in [3.63, 3.8) is 0 Å². The van der Waals surface area contributed by atoms with Crippen LogP contribution in [0.15, 0.2) is 24.3 Å². The van der Waals surface area contributed by atoms with Crippen molar-refractivity contribution in [1.29, 1.82) is 0 Å². The molecule has 3 nitrogen and oxygen atoms in total. The molecule has 0 radical (unpaired) electrons. The molecule has 0 spiro atoms. The first-order chi connectivity index (χ1) is 8.22. The molecule has 0 aliphatic rings. The molecule has 0 aliphatic heterocycles. The normalized spacial score (nSPS) is 14.4. The summed E-state index contributed by atoms with van der Waals surface area (Å²) in [5, 5.41) is 3.17. The van der Waals surface area contributed by atoms with Crippen LogP contribution in [0.4, 0.5) is 0 Å². The minimum atomic E-state index is 0.0334. The maximum atomic E-state index is 6.03. The van der Waals surface area contributed by atoms with E-state index in [1.807, 2.05) is 25.2 Å². The van der Waals surface area contributed by atoms with Crippen molar-refractivity contribution in [2.75, 3.05) is 20.7 Å². The van der Waals surface area contributed by atoms with Crippen molar-refractivity contribution in [2.45, 2.75) is 32.5 Å². The fourth-order valence-electron chi connectivity index (χ4n) is 1.73. The Kier molecular flexibility index (Phi) is 6.01. The summed E-state index contributed by atoms with van der Waals surface area (Å²) in [7, 11) is 3.63. The Morgan fingerprint density at radius 3 is 2.59 bits per heavy atom. The highest BCUT2D eigenvalue weighted by Crippen LogP contribution is 2.28. The van der Waals surface area contributed by atoms with Crippen molar-refractivity contribution in [3.05, 3.63) is 29.8 Å². The molecular formula is C14H23NO2. The van der Waals surface area contributed by atoms with Gasteiger partial charge < -0.3 is 14.8 Å². The molecule has 2 unspecified atom stereocenters. The summed E-state index contributed by atoms with van der Waals surface area (Å²) in [6, 6.07) is 8.02. The second-order valence-corrected chi connectivity index (χ2v) is 4.14. The van der Waals surface area contributed by atoms with Gasteiger partial charge in [-0.15, -0.1) is 0 Å². The van der Waals surface area contributed by atoms with Crippen LogP contribution in [0.2, 0.25) is 0 Å². The van der Waals surface area contributed by atoms with Crippen LogP contribution < -0.4 is 10.1 Å². The Morgan fingerprint density at radius 1 is 1.29 bits per heavy atom. The minimum Gasteiger partial charge on any atom is -0.496 e. The van der Waals surface area contributed by atoms with Gasteiger partial charge in [-0.25, -0.2) is 0 Å². The van der Waals surface area contributed by atoms with E-state index >= 15 is 0 Å². The molecule has 1 rings (SSSR count). The summed E-state index contributed by atoms with van der Waals surface area (Å²) in [6.45, 7) is 5.01. The van der Waals surface area contributed by atoms with E-state index in [4.69, 9.17) is 9.47 Å². The highest BCUT2D eigenvalue weighted by atomic mass is 16.5. The number of para-hydroxylation sites is 1. The molecule has 96 valence electrons. The zero-order valence-corrected chi connectivity index (χ0v) is 11.2. The Hall–Kier alpha value is -1.06. The van der Waals surface area contributed by atoms with Crippen LogP contribution in [0.25, 0.3) is 0 Å². The lowest BCUT2D eigenvalue weighted by Crippen LogP contribution is -2.23. The Labute approximate surface area is 104 Å². The standard InChI is InChI=1S/C14H23NO2/c1-5-11(2)17-14(10-15-3)12-8-6-7-9-13(12)16-4/h6-9,11,14-15H,5,10H2,1-4H3. The molecule has 0 saturated carbocycles. The highest BCUT2D eigenvalue weighted by molar-refractivity contribution is 5.35. The minimum absolute atomic E-state index is 0.0334. The van der Waals surface area contributed by atoms with Crippen molar-refractivity contribution in [3.8, 4) is 5.75 Å². The Bertz CT molecular complexity index is 328. The Morgan fingerprint density at radius 2 is 2.00 bits per heavy atom. The van der Waals surface area contributed by atoms with Crippen LogP contribution in [0.3, 0.4) is 0 Å². The largest absolute Gasteiger partial charge is 0.496 e. The number of hydrogen-bond acceptors (Lipinski definition) is 3. The predicted octanol–water partition coefficient (Wildman–Crippen LogP) is 2.77. The summed E-state index contributed by atoms with van der Waals surface area (Å²) in [5.74, 6) is 0.885. The van der Waals surface area contributed by atoms with E-state index in [9.17, 15) is 0 Å². The summed E-state index contributed by atoms with van der Waals surface area (Å²) >= 11 is 0. The van der Waals surface area contributed by atoms with Gasteiger partial charge >= 0.3 is 0 Å². The van der Waals surface area contributed by atoms with Crippen molar-refractivity contribution in [1.82, 2.24) is 5.32 Å². The SMILES string of the molecule is CCC(C)OC(CNC)c1ccccc1OC. The lowest BCUT2D eigenvalue weighted by atomic mass is 10.1. The van der Waals surface area contributed by atoms with Gasteiger partial charge in [0.05, 0.1) is 19.3 Å². The van der Waals surface area contributed by atoms with Gasteiger partial charge in [0.2, 0.25) is 0 Å². The van der Waals surface area contributed by atoms with Crippen LogP contribution in [-0.2, 0) is 4.74 Å². The van der Waals surface area contributed by atoms with E-state index in [1.165, 1.54) is 0 Å². The number of nitrogens with one attached hydrogen (secondary N) is 1. The van der Waals surface area contributed by atoms with E-state index < -0.39 is 0 Å². The topological polar surface area (TPSA) is 30.5 Å². The smallest absolute Gasteiger partial charge is 0.124 e. The number of benzene rings is 1. The molecule has 1 N–H and O–H groups in total. The zero-order chi connectivity index (χ0) is 12.7. The zero-order valence-electron chi connectivity index (χ0n) is 11.2. The third-order valence-corrected chi connectivity index (χ3v) is 2.85. The van der Waals surface area contributed by atoms with Gasteiger partial charge in [-0.2, -0.15) is 0 Å². The second-order valence-electron chi connectivity index (χ2n) is 4.14. The third-order valence-electron chi connectivity index (χ3n) is 2.85. The fraction of sp³-hybridized carbons (Fsp3) is 0.571. The van der Waals surface area contributed by atoms with Gasteiger partial charge in [0.1, 0.15) is 5.75 Å². The maximum Gasteiger partial charge on any atom is 0.124 e. The molecule has 1 aromatic carbocycles. The third kappa shape index (κ3) is 4.02. The van der Waals surface area contributed by atoms with Crippen LogP contribution in [0.5, 0.6) is 5.75 Å². The average Bonchev–Trinajstić information content (AvgIpc) is 2.38. The van der Waals surface area contributed by atoms with Gasteiger partial charge in [0.25, 0.3) is 0 Å². The highest BCUT2D eigenvalue weighted by Gasteiger charge is 2.17. The van der Waals surface area contributed by atoms with Crippen LogP contribution in [-0.4, -0.2) is 26.8 Å². The summed E-state index contributed by atoms with van der Waals surface area (Å²) < 4.78 is 11.4. The first kappa shape index (κ1) is 14.0. The van der Waals surface area contributed by atoms with Crippen molar-refractivity contribution >= 4 is 0 Å². The fourth-order valence-corrected chi connectivity index (χ4v) is 1.73. The number of methoxy groups -OCH3 is 1. The first-order valence-electron chi connectivity index (χ1n) is 6.15. The number of likely N-dealkylation sites (N-methyl/N-ethyl adjacent to an activating group) is 1. The van der Waals surface area contributed by atoms with Crippen molar-refractivity contribution in [2.24, 2.45) is 0 Å². The molecule has 0 bridgehead atoms. The molecule has 0 saturated heterocycles. The van der Waals surface area contributed by atoms with Gasteiger partial charge in [0.15, 0.2) is 0 Å². The van der Waals surface area contributed by atoms with Crippen LogP contribution in [0, 0.1) is 0 Å². The number of hydrogen-bond donors (Lipinski definition) is 1. The molecule has 0 fully saturated rings. The van der Waals surface area contributed by atoms with E-state index in [2.05, 4.69) is 25.2 Å². The summed E-state index contributed by atoms with van der Waals surface area (Å²) in [4.78, 5) is 0. The van der Waals surface area contributed by atoms with Gasteiger partial charge in [-0.1, -0.05) is 25.1 Å². The van der Waals surface area contributed by atoms with E-state index in [0.717, 1.165) is 24.3 Å². The quantitative estimate of drug-likeness (QED) is 0.791. The molecule has 0 aliphatic carbocycles. The van der Waals surface area contributed by atoms with Crippen LogP contribution >= 0.6 is 0 Å². The monoisotopic (exact) mass is 237 g/mol. The predicted molar refractivity (Wildman–Crippen MR) is 70.5 cm³/mol. The molecule has 3 heteroatoms. The maximum absolute atomic E-state index is 6.03. The molecule has 1 aromatic rings. The van der Waals surface area contributed by atoms with E-state index in [-0.39, 0.29) is 12.2 Å². The lowest BCUT2D eigenvalue weighted by molar-refractivity contribution is -0.00466. The van der Waals surface area contributed by atoms with Gasteiger partial charge in [-0.05, 0) is 26.5 Å². The average molecular weight is 237 g/mol. The molecule has 0 aromatic heterocycles. The first-order valence-corrected chi connectivity index (χ1v) is 6.15. The number of ether oxygens (including phenoxy) is 2. The van der Waals surface area contributed by atoms with Gasteiger partial charge in [-0.3, -0.25) is 0 Å². The molecule has 17 heavy (non-hydrogen) atoms. The second kappa shape index (κ2) is 7.30. The molecule has 0 amide bonds. The number of rotatable bonds is 7. The molecule has 0 heterocycles. The van der Waals surface area contributed by atoms with Crippen LogP contribution in [0.1, 0.15) is 31.9 Å². The van der Waals surface area contributed by atoms with E-state index in [0.29, 0.717) is 0 Å². The summed E-state index contributed by atoms with van der Waals surface area (Å²) in [6.07, 6.45) is 1.29. The summed E-state index contributed by atoms with van der Waals surface area (Å²) in [5.41, 5.74) is 1.10.